The second kappa shape index (κ2) is 10.8. The molecule has 2 aromatic carbocycles. The number of hydrogen-bond donors (Lipinski definition) is 4. The third-order valence-corrected chi connectivity index (χ3v) is 6.16. The van der Waals surface area contributed by atoms with Crippen molar-refractivity contribution in [1.82, 2.24) is 15.3 Å². The molecule has 0 saturated carbocycles. The van der Waals surface area contributed by atoms with Gasteiger partial charge in [-0.15, -0.1) is 0 Å². The van der Waals surface area contributed by atoms with Crippen molar-refractivity contribution in [1.29, 1.82) is 0 Å². The number of aromatic nitrogens is 2. The number of phenolic OH excluding ortho intramolecular Hbond substituents is 1. The normalized spacial score (nSPS) is 13.0. The molecule has 0 aliphatic heterocycles. The molecule has 9 nitrogen and oxygen atoms in total. The zero-order valence-corrected chi connectivity index (χ0v) is 21.2. The quantitative estimate of drug-likeness (QED) is 0.259. The molecule has 9 heteroatoms. The van der Waals surface area contributed by atoms with Gasteiger partial charge in [0, 0.05) is 12.5 Å². The van der Waals surface area contributed by atoms with Crippen LogP contribution >= 0.6 is 0 Å². The highest BCUT2D eigenvalue weighted by molar-refractivity contribution is 5.79. The van der Waals surface area contributed by atoms with Gasteiger partial charge in [-0.1, -0.05) is 32.0 Å². The Balaban J connectivity index is 1.69. The van der Waals surface area contributed by atoms with E-state index >= 15 is 0 Å². The largest absolute Gasteiger partial charge is 0.504 e. The Labute approximate surface area is 214 Å². The summed E-state index contributed by atoms with van der Waals surface area (Å²) in [5.41, 5.74) is 1.61. The number of nitrogens with one attached hydrogen (secondary N) is 2. The molecule has 2 atom stereocenters. The molecule has 4 rings (SSSR count). The van der Waals surface area contributed by atoms with Crippen molar-refractivity contribution in [2.24, 2.45) is 5.92 Å². The first-order chi connectivity index (χ1) is 17.7. The van der Waals surface area contributed by atoms with Crippen molar-refractivity contribution in [3.63, 3.8) is 0 Å². The maximum absolute atomic E-state index is 13.4. The van der Waals surface area contributed by atoms with Crippen LogP contribution in [0.15, 0.2) is 57.7 Å². The average molecular weight is 506 g/mol. The van der Waals surface area contributed by atoms with E-state index in [1.54, 1.807) is 19.1 Å². The fourth-order valence-corrected chi connectivity index (χ4v) is 4.42. The monoisotopic (exact) mass is 505 g/mol. The topological polar surface area (TPSA) is 138 Å². The smallest absolute Gasteiger partial charge is 0.227 e. The van der Waals surface area contributed by atoms with Gasteiger partial charge in [0.25, 0.3) is 0 Å². The van der Waals surface area contributed by atoms with E-state index in [2.05, 4.69) is 29.1 Å². The van der Waals surface area contributed by atoms with Crippen molar-refractivity contribution in [3.05, 3.63) is 81.7 Å². The van der Waals surface area contributed by atoms with Crippen LogP contribution in [0.4, 0.5) is 0 Å². The number of para-hydroxylation sites is 2. The summed E-state index contributed by atoms with van der Waals surface area (Å²) in [5.74, 6) is -0.407. The Morgan fingerprint density at radius 2 is 1.92 bits per heavy atom. The summed E-state index contributed by atoms with van der Waals surface area (Å²) in [6.07, 6.45) is 0.511. The molecule has 4 N–H and O–H groups in total. The zero-order chi connectivity index (χ0) is 26.7. The number of nitrogens with zero attached hydrogens (tertiary/aromatic N) is 1. The van der Waals surface area contributed by atoms with Crippen molar-refractivity contribution in [2.75, 3.05) is 7.11 Å². The van der Waals surface area contributed by atoms with Crippen molar-refractivity contribution < 1.29 is 24.2 Å². The zero-order valence-electron chi connectivity index (χ0n) is 21.2. The van der Waals surface area contributed by atoms with Crippen molar-refractivity contribution in [3.8, 4) is 17.2 Å². The van der Waals surface area contributed by atoms with Gasteiger partial charge in [-0.2, -0.15) is 0 Å². The van der Waals surface area contributed by atoms with E-state index in [0.717, 1.165) is 11.0 Å². The lowest BCUT2D eigenvalue weighted by molar-refractivity contribution is -0.122. The minimum atomic E-state index is -0.822. The summed E-state index contributed by atoms with van der Waals surface area (Å²) < 4.78 is 11.0. The third kappa shape index (κ3) is 5.77. The molecule has 0 bridgehead atoms. The van der Waals surface area contributed by atoms with Gasteiger partial charge in [-0.3, -0.25) is 9.59 Å². The number of H-pyrrole nitrogens is 1. The number of ether oxygens (including phenoxy) is 1. The lowest BCUT2D eigenvalue weighted by atomic mass is 9.91. The molecule has 0 unspecified atom stereocenters. The van der Waals surface area contributed by atoms with Gasteiger partial charge in [0.15, 0.2) is 17.3 Å². The molecule has 2 aromatic heterocycles. The molecule has 1 amide bonds. The summed E-state index contributed by atoms with van der Waals surface area (Å²) >= 11 is 0. The number of imidazole rings is 1. The van der Waals surface area contributed by atoms with Crippen LogP contribution in [-0.2, 0) is 4.79 Å². The first-order valence-electron chi connectivity index (χ1n) is 12.1. The number of methoxy groups -OCH3 is 1. The number of carbonyl (C=O) groups is 1. The number of phenols is 1. The number of benzene rings is 2. The Hall–Kier alpha value is -4.27. The number of aryl methyl sites for hydroxylation is 1. The van der Waals surface area contributed by atoms with Gasteiger partial charge in [0.1, 0.15) is 11.6 Å². The molecule has 0 aliphatic carbocycles. The number of hydrogen-bond acceptors (Lipinski definition) is 7. The molecule has 0 aliphatic rings. The van der Waals surface area contributed by atoms with Gasteiger partial charge in [0.05, 0.1) is 30.1 Å². The van der Waals surface area contributed by atoms with E-state index in [1.165, 1.54) is 19.2 Å². The number of carbonyl (C=O) groups excluding carboxylic acids is 1. The van der Waals surface area contributed by atoms with Crippen LogP contribution in [0.25, 0.3) is 11.0 Å². The summed E-state index contributed by atoms with van der Waals surface area (Å²) in [7, 11) is 1.41. The molecule has 0 fully saturated rings. The fraction of sp³-hybridized carbons (Fsp3) is 0.321. The van der Waals surface area contributed by atoms with E-state index in [1.807, 2.05) is 24.3 Å². The lowest BCUT2D eigenvalue weighted by Crippen LogP contribution is -2.31. The second-order valence-corrected chi connectivity index (χ2v) is 9.51. The number of rotatable bonds is 9. The van der Waals surface area contributed by atoms with E-state index in [-0.39, 0.29) is 41.5 Å². The highest BCUT2D eigenvalue weighted by atomic mass is 16.5. The molecule has 37 heavy (non-hydrogen) atoms. The first-order valence-corrected chi connectivity index (χ1v) is 12.1. The van der Waals surface area contributed by atoms with Crippen molar-refractivity contribution >= 4 is 16.9 Å². The van der Waals surface area contributed by atoms with Crippen LogP contribution in [-0.4, -0.2) is 33.2 Å². The fourth-order valence-electron chi connectivity index (χ4n) is 4.42. The van der Waals surface area contributed by atoms with Crippen LogP contribution in [0.1, 0.15) is 61.6 Å². The molecule has 0 radical (unpaired) electrons. The lowest BCUT2D eigenvalue weighted by Gasteiger charge is -2.22. The summed E-state index contributed by atoms with van der Waals surface area (Å²) in [6, 6.07) is 13.0. The summed E-state index contributed by atoms with van der Waals surface area (Å²) in [5, 5.41) is 23.7. The SMILES string of the molecule is COc1cc([C@H](CC(=O)N[C@@H](CC(C)C)c2nc3ccccc3[nH]2)c2oc(C)cc(=O)c2O)ccc1O. The molecule has 4 aromatic rings. The number of amides is 1. The van der Waals surface area contributed by atoms with E-state index < -0.39 is 17.1 Å². The number of aromatic hydroxyl groups is 2. The highest BCUT2D eigenvalue weighted by Gasteiger charge is 2.28. The first kappa shape index (κ1) is 25.8. The molecule has 2 heterocycles. The van der Waals surface area contributed by atoms with E-state index in [9.17, 15) is 19.8 Å². The van der Waals surface area contributed by atoms with Crippen LogP contribution in [0.2, 0.25) is 0 Å². The minimum absolute atomic E-state index is 0.0305. The van der Waals surface area contributed by atoms with E-state index in [0.29, 0.717) is 23.6 Å². The summed E-state index contributed by atoms with van der Waals surface area (Å²) in [6.45, 7) is 5.72. The predicted molar refractivity (Wildman–Crippen MR) is 139 cm³/mol. The molecule has 194 valence electrons. The van der Waals surface area contributed by atoms with E-state index in [4.69, 9.17) is 9.15 Å². The third-order valence-electron chi connectivity index (χ3n) is 6.16. The Bertz CT molecular complexity index is 1440. The van der Waals surface area contributed by atoms with Crippen LogP contribution in [0, 0.1) is 12.8 Å². The highest BCUT2D eigenvalue weighted by Crippen LogP contribution is 2.37. The Morgan fingerprint density at radius 1 is 1.16 bits per heavy atom. The minimum Gasteiger partial charge on any atom is -0.504 e. The van der Waals surface area contributed by atoms with Gasteiger partial charge >= 0.3 is 0 Å². The standard InChI is InChI=1S/C28H31N3O6/c1-15(2)11-21(28-30-19-7-5-6-8-20(19)31-28)29-25(34)14-18(17-9-10-22(32)24(13-17)36-4)27-26(35)23(33)12-16(3)37-27/h5-10,12-13,15,18,21,32,35H,11,14H2,1-4H3,(H,29,34)(H,30,31)/t18-,21-/m0/s1. The molecular weight excluding hydrogens is 474 g/mol. The average Bonchev–Trinajstić information content (AvgIpc) is 3.29. The second-order valence-electron chi connectivity index (χ2n) is 9.51. The van der Waals surface area contributed by atoms with Crippen molar-refractivity contribution in [2.45, 2.75) is 45.6 Å². The number of aromatic amines is 1. The predicted octanol–water partition coefficient (Wildman–Crippen LogP) is 4.67. The van der Waals surface area contributed by atoms with Gasteiger partial charge < -0.3 is 29.7 Å². The van der Waals surface area contributed by atoms with Crippen LogP contribution in [0.3, 0.4) is 0 Å². The number of fused-ring (bicyclic) bond motifs is 1. The Kier molecular flexibility index (Phi) is 7.52. The van der Waals surface area contributed by atoms with Gasteiger partial charge in [-0.25, -0.2) is 4.98 Å². The Morgan fingerprint density at radius 3 is 2.62 bits per heavy atom. The molecule has 0 saturated heterocycles. The van der Waals surface area contributed by atoms with Gasteiger partial charge in [0.2, 0.25) is 17.1 Å². The maximum Gasteiger partial charge on any atom is 0.227 e. The summed E-state index contributed by atoms with van der Waals surface area (Å²) in [4.78, 5) is 33.8. The van der Waals surface area contributed by atoms with Crippen LogP contribution < -0.4 is 15.5 Å². The van der Waals surface area contributed by atoms with Crippen LogP contribution in [0.5, 0.6) is 17.2 Å². The van der Waals surface area contributed by atoms with Gasteiger partial charge in [-0.05, 0) is 49.1 Å². The molecule has 0 spiro atoms. The molecular formula is C28H31N3O6. The maximum atomic E-state index is 13.4.